The summed E-state index contributed by atoms with van der Waals surface area (Å²) < 4.78 is 0. The van der Waals surface area contributed by atoms with Gasteiger partial charge in [0.05, 0.1) is 6.04 Å². The lowest BCUT2D eigenvalue weighted by Gasteiger charge is -2.52. The van der Waals surface area contributed by atoms with Crippen molar-refractivity contribution in [1.29, 1.82) is 0 Å². The molecule has 0 radical (unpaired) electrons. The van der Waals surface area contributed by atoms with Crippen LogP contribution in [0.3, 0.4) is 0 Å². The van der Waals surface area contributed by atoms with Gasteiger partial charge in [-0.05, 0) is 70.4 Å². The van der Waals surface area contributed by atoms with Gasteiger partial charge in [-0.25, -0.2) is 0 Å². The van der Waals surface area contributed by atoms with Crippen molar-refractivity contribution < 1.29 is 9.59 Å². The predicted molar refractivity (Wildman–Crippen MR) is 104 cm³/mol. The highest BCUT2D eigenvalue weighted by atomic mass is 16.2. The van der Waals surface area contributed by atoms with Crippen molar-refractivity contribution in [3.05, 3.63) is 0 Å². The second-order valence-electron chi connectivity index (χ2n) is 8.72. The Morgan fingerprint density at radius 2 is 1.50 bits per heavy atom. The van der Waals surface area contributed by atoms with Gasteiger partial charge in [-0.15, -0.1) is 0 Å². The van der Waals surface area contributed by atoms with E-state index in [2.05, 4.69) is 35.6 Å². The van der Waals surface area contributed by atoms with Crippen molar-refractivity contribution in [3.63, 3.8) is 0 Å². The van der Waals surface area contributed by atoms with E-state index in [9.17, 15) is 9.59 Å². The first-order valence-electron chi connectivity index (χ1n) is 10.8. The highest BCUT2D eigenvalue weighted by Crippen LogP contribution is 2.45. The van der Waals surface area contributed by atoms with Crippen LogP contribution >= 0.6 is 0 Å². The molecule has 0 bridgehead atoms. The molecule has 0 saturated carbocycles. The normalized spacial score (nSPS) is 26.7. The van der Waals surface area contributed by atoms with Crippen molar-refractivity contribution in [3.8, 4) is 0 Å². The minimum Gasteiger partial charge on any atom is -0.342 e. The van der Waals surface area contributed by atoms with Gasteiger partial charge in [0.2, 0.25) is 11.8 Å². The molecular formula is C21H37N3O2. The van der Waals surface area contributed by atoms with Gasteiger partial charge < -0.3 is 9.80 Å². The van der Waals surface area contributed by atoms with Crippen molar-refractivity contribution >= 4 is 11.8 Å². The van der Waals surface area contributed by atoms with Crippen LogP contribution in [0.2, 0.25) is 0 Å². The molecule has 26 heavy (non-hydrogen) atoms. The molecule has 0 N–H and O–H groups in total. The minimum atomic E-state index is 0.0137. The average Bonchev–Trinajstić information content (AvgIpc) is 3.18. The summed E-state index contributed by atoms with van der Waals surface area (Å²) in [6, 6.07) is 0.0137. The number of carbonyl (C=O) groups excluding carboxylic acids is 2. The molecule has 1 atom stereocenters. The van der Waals surface area contributed by atoms with E-state index in [1.54, 1.807) is 0 Å². The standard InChI is InChI=1S/C21H37N3O2/c1-4-17(5-2)19(25)24-15-10-21(11-16-24)9-8-12-22(3)18(21)20(26)23-13-6-7-14-23/h17-18H,4-16H2,1-3H3. The van der Waals surface area contributed by atoms with E-state index in [-0.39, 0.29) is 17.4 Å². The van der Waals surface area contributed by atoms with Crippen LogP contribution in [-0.4, -0.2) is 72.3 Å². The number of likely N-dealkylation sites (tertiary alicyclic amines) is 3. The zero-order valence-electron chi connectivity index (χ0n) is 17.0. The average molecular weight is 364 g/mol. The Bertz CT molecular complexity index is 503. The van der Waals surface area contributed by atoms with Crippen LogP contribution in [0.4, 0.5) is 0 Å². The van der Waals surface area contributed by atoms with Gasteiger partial charge in [0.1, 0.15) is 0 Å². The van der Waals surface area contributed by atoms with Crippen LogP contribution in [0.25, 0.3) is 0 Å². The Labute approximate surface area is 159 Å². The van der Waals surface area contributed by atoms with E-state index in [0.717, 1.165) is 77.7 Å². The quantitative estimate of drug-likeness (QED) is 0.771. The maximum Gasteiger partial charge on any atom is 0.240 e. The molecule has 1 unspecified atom stereocenters. The third kappa shape index (κ3) is 3.64. The van der Waals surface area contributed by atoms with E-state index in [4.69, 9.17) is 0 Å². The van der Waals surface area contributed by atoms with Crippen LogP contribution in [-0.2, 0) is 9.59 Å². The fraction of sp³-hybridized carbons (Fsp3) is 0.905. The molecule has 148 valence electrons. The third-order valence-electron chi connectivity index (χ3n) is 7.26. The smallest absolute Gasteiger partial charge is 0.240 e. The molecule has 3 aliphatic heterocycles. The van der Waals surface area contributed by atoms with E-state index in [1.807, 2.05) is 0 Å². The van der Waals surface area contributed by atoms with Gasteiger partial charge in [0.25, 0.3) is 0 Å². The van der Waals surface area contributed by atoms with Gasteiger partial charge >= 0.3 is 0 Å². The van der Waals surface area contributed by atoms with Crippen molar-refractivity contribution in [1.82, 2.24) is 14.7 Å². The Morgan fingerprint density at radius 1 is 0.885 bits per heavy atom. The summed E-state index contributed by atoms with van der Waals surface area (Å²) in [5, 5.41) is 0. The maximum absolute atomic E-state index is 13.3. The zero-order valence-corrected chi connectivity index (χ0v) is 17.0. The van der Waals surface area contributed by atoms with E-state index in [1.165, 1.54) is 6.42 Å². The second kappa shape index (κ2) is 8.28. The maximum atomic E-state index is 13.3. The SMILES string of the molecule is CCC(CC)C(=O)N1CCC2(CCCN(C)C2C(=O)N2CCCC2)CC1. The summed E-state index contributed by atoms with van der Waals surface area (Å²) in [7, 11) is 2.13. The number of amides is 2. The third-order valence-corrected chi connectivity index (χ3v) is 7.26. The van der Waals surface area contributed by atoms with Gasteiger partial charge in [-0.1, -0.05) is 13.8 Å². The molecule has 2 amide bonds. The molecule has 0 aromatic carbocycles. The zero-order chi connectivity index (χ0) is 18.7. The van der Waals surface area contributed by atoms with Crippen LogP contribution in [0.15, 0.2) is 0 Å². The van der Waals surface area contributed by atoms with Gasteiger partial charge in [0.15, 0.2) is 0 Å². The lowest BCUT2D eigenvalue weighted by atomic mass is 9.66. The summed E-state index contributed by atoms with van der Waals surface area (Å²) in [5.74, 6) is 0.848. The Balaban J connectivity index is 1.71. The van der Waals surface area contributed by atoms with Gasteiger partial charge in [-0.2, -0.15) is 0 Å². The molecule has 3 aliphatic rings. The minimum absolute atomic E-state index is 0.0137. The first-order chi connectivity index (χ1) is 12.5. The van der Waals surface area contributed by atoms with Crippen LogP contribution in [0.5, 0.6) is 0 Å². The lowest BCUT2D eigenvalue weighted by Crippen LogP contribution is -2.61. The van der Waals surface area contributed by atoms with E-state index < -0.39 is 0 Å². The highest BCUT2D eigenvalue weighted by molar-refractivity contribution is 5.83. The van der Waals surface area contributed by atoms with Crippen LogP contribution in [0.1, 0.15) is 65.2 Å². The van der Waals surface area contributed by atoms with E-state index in [0.29, 0.717) is 11.8 Å². The Morgan fingerprint density at radius 3 is 2.08 bits per heavy atom. The molecule has 5 nitrogen and oxygen atoms in total. The molecule has 3 heterocycles. The fourth-order valence-electron chi connectivity index (χ4n) is 5.57. The summed E-state index contributed by atoms with van der Waals surface area (Å²) >= 11 is 0. The molecule has 0 aliphatic carbocycles. The first kappa shape index (κ1) is 19.7. The number of likely N-dealkylation sites (N-methyl/N-ethyl adjacent to an activating group) is 1. The number of piperidine rings is 2. The fourth-order valence-corrected chi connectivity index (χ4v) is 5.57. The molecule has 5 heteroatoms. The summed E-state index contributed by atoms with van der Waals surface area (Å²) in [4.78, 5) is 32.5. The predicted octanol–water partition coefficient (Wildman–Crippen LogP) is 2.75. The molecule has 0 aromatic heterocycles. The first-order valence-corrected chi connectivity index (χ1v) is 10.8. The molecule has 1 spiro atoms. The topological polar surface area (TPSA) is 43.9 Å². The molecule has 3 saturated heterocycles. The molecular weight excluding hydrogens is 326 g/mol. The summed E-state index contributed by atoms with van der Waals surface area (Å²) in [6.45, 7) is 8.75. The van der Waals surface area contributed by atoms with Crippen molar-refractivity contribution in [2.45, 2.75) is 71.3 Å². The number of nitrogens with zero attached hydrogens (tertiary/aromatic N) is 3. The molecule has 3 rings (SSSR count). The second-order valence-corrected chi connectivity index (χ2v) is 8.72. The van der Waals surface area contributed by atoms with Crippen molar-refractivity contribution in [2.75, 3.05) is 39.8 Å². The van der Waals surface area contributed by atoms with Crippen LogP contribution < -0.4 is 0 Å². The summed E-state index contributed by atoms with van der Waals surface area (Å²) in [5.41, 5.74) is 0.0668. The molecule has 0 aromatic rings. The number of rotatable bonds is 4. The Hall–Kier alpha value is -1.10. The van der Waals surface area contributed by atoms with Gasteiger partial charge in [0, 0.05) is 32.1 Å². The Kier molecular flexibility index (Phi) is 6.26. The van der Waals surface area contributed by atoms with E-state index >= 15 is 0 Å². The number of hydrogen-bond acceptors (Lipinski definition) is 3. The number of hydrogen-bond donors (Lipinski definition) is 0. The monoisotopic (exact) mass is 363 g/mol. The van der Waals surface area contributed by atoms with Crippen molar-refractivity contribution in [2.24, 2.45) is 11.3 Å². The number of carbonyl (C=O) groups is 2. The largest absolute Gasteiger partial charge is 0.342 e. The molecule has 3 fully saturated rings. The lowest BCUT2D eigenvalue weighted by molar-refractivity contribution is -0.149. The van der Waals surface area contributed by atoms with Gasteiger partial charge in [-0.3, -0.25) is 14.5 Å². The van der Waals surface area contributed by atoms with Crippen LogP contribution in [0, 0.1) is 11.3 Å². The highest BCUT2D eigenvalue weighted by Gasteiger charge is 2.50. The summed E-state index contributed by atoms with van der Waals surface area (Å²) in [6.07, 6.45) is 8.40.